The van der Waals surface area contributed by atoms with E-state index in [1.54, 1.807) is 0 Å². The third kappa shape index (κ3) is 3.93. The molecule has 0 radical (unpaired) electrons. The highest BCUT2D eigenvalue weighted by Crippen LogP contribution is 2.26. The third-order valence-electron chi connectivity index (χ3n) is 2.39. The molecule has 0 aliphatic carbocycles. The van der Waals surface area contributed by atoms with Gasteiger partial charge in [0.05, 0.1) is 5.60 Å². The zero-order valence-corrected chi connectivity index (χ0v) is 11.0. The average molecular weight is 227 g/mol. The Labute approximate surface area is 96.3 Å². The summed E-state index contributed by atoms with van der Waals surface area (Å²) in [5.74, 6) is 0. The molecule has 1 aromatic heterocycles. The molecule has 0 saturated carbocycles. The first-order chi connectivity index (χ1) is 6.79. The number of thiophene rings is 1. The highest BCUT2D eigenvalue weighted by molar-refractivity contribution is 7.12. The summed E-state index contributed by atoms with van der Waals surface area (Å²) >= 11 is 1.83. The molecule has 0 aliphatic rings. The number of rotatable bonds is 4. The summed E-state index contributed by atoms with van der Waals surface area (Å²) in [6.07, 6.45) is 0. The van der Waals surface area contributed by atoms with E-state index in [0.717, 1.165) is 0 Å². The van der Waals surface area contributed by atoms with E-state index in [0.29, 0.717) is 12.6 Å². The SMILES string of the molecule is Cc1cc(C(C)NCC(C)(C)O)c(C)s1. The van der Waals surface area contributed by atoms with Gasteiger partial charge >= 0.3 is 0 Å². The molecule has 3 heteroatoms. The van der Waals surface area contributed by atoms with Gasteiger partial charge in [-0.25, -0.2) is 0 Å². The number of aryl methyl sites for hydroxylation is 2. The summed E-state index contributed by atoms with van der Waals surface area (Å²) in [7, 11) is 0. The number of aliphatic hydroxyl groups is 1. The Balaban J connectivity index is 2.61. The molecule has 1 unspecified atom stereocenters. The molecule has 2 N–H and O–H groups in total. The molecule has 86 valence electrons. The van der Waals surface area contributed by atoms with Gasteiger partial charge in [-0.3, -0.25) is 0 Å². The van der Waals surface area contributed by atoms with Gasteiger partial charge in [0.1, 0.15) is 0 Å². The molecule has 0 aliphatic heterocycles. The van der Waals surface area contributed by atoms with Gasteiger partial charge in [0.15, 0.2) is 0 Å². The lowest BCUT2D eigenvalue weighted by atomic mass is 10.1. The Bertz CT molecular complexity index is 325. The number of hydrogen-bond donors (Lipinski definition) is 2. The molecule has 0 bridgehead atoms. The highest BCUT2D eigenvalue weighted by atomic mass is 32.1. The van der Waals surface area contributed by atoms with Gasteiger partial charge in [0.25, 0.3) is 0 Å². The van der Waals surface area contributed by atoms with Gasteiger partial charge in [-0.1, -0.05) is 0 Å². The first kappa shape index (κ1) is 12.7. The first-order valence-corrected chi connectivity index (χ1v) is 6.14. The van der Waals surface area contributed by atoms with Crippen LogP contribution in [0.1, 0.15) is 42.1 Å². The molecule has 2 nitrogen and oxygen atoms in total. The van der Waals surface area contributed by atoms with Gasteiger partial charge in [-0.05, 0) is 46.2 Å². The normalized spacial score (nSPS) is 14.3. The monoisotopic (exact) mass is 227 g/mol. The Kier molecular flexibility index (Phi) is 3.93. The minimum Gasteiger partial charge on any atom is -0.389 e. The molecule has 0 saturated heterocycles. The van der Waals surface area contributed by atoms with Crippen LogP contribution in [0.2, 0.25) is 0 Å². The van der Waals surface area contributed by atoms with Crippen LogP contribution >= 0.6 is 11.3 Å². The smallest absolute Gasteiger partial charge is 0.0715 e. The third-order valence-corrected chi connectivity index (χ3v) is 3.37. The van der Waals surface area contributed by atoms with Crippen LogP contribution in [0.15, 0.2) is 6.07 Å². The van der Waals surface area contributed by atoms with E-state index >= 15 is 0 Å². The first-order valence-electron chi connectivity index (χ1n) is 5.32. The number of hydrogen-bond acceptors (Lipinski definition) is 3. The topological polar surface area (TPSA) is 32.3 Å². The summed E-state index contributed by atoms with van der Waals surface area (Å²) in [5, 5.41) is 13.0. The summed E-state index contributed by atoms with van der Waals surface area (Å²) in [6.45, 7) is 10.7. The molecule has 0 fully saturated rings. The maximum absolute atomic E-state index is 9.63. The molecule has 1 heterocycles. The van der Waals surface area contributed by atoms with Gasteiger partial charge < -0.3 is 10.4 Å². The zero-order valence-electron chi connectivity index (χ0n) is 10.2. The van der Waals surface area contributed by atoms with E-state index in [-0.39, 0.29) is 0 Å². The van der Waals surface area contributed by atoms with E-state index in [9.17, 15) is 5.11 Å². The second-order valence-corrected chi connectivity index (χ2v) is 6.24. The number of nitrogens with one attached hydrogen (secondary N) is 1. The van der Waals surface area contributed by atoms with Crippen molar-refractivity contribution in [3.05, 3.63) is 21.4 Å². The Morgan fingerprint density at radius 1 is 1.47 bits per heavy atom. The maximum atomic E-state index is 9.63. The van der Waals surface area contributed by atoms with E-state index in [1.807, 2.05) is 25.2 Å². The van der Waals surface area contributed by atoms with Crippen molar-refractivity contribution in [3.8, 4) is 0 Å². The summed E-state index contributed by atoms with van der Waals surface area (Å²) in [5.41, 5.74) is 0.703. The van der Waals surface area contributed by atoms with Crippen molar-refractivity contribution in [1.29, 1.82) is 0 Å². The molecular formula is C12H21NOS. The molecule has 0 spiro atoms. The molecular weight excluding hydrogens is 206 g/mol. The largest absolute Gasteiger partial charge is 0.389 e. The molecule has 1 aromatic rings. The Hall–Kier alpha value is -0.380. The molecule has 1 atom stereocenters. The molecule has 0 amide bonds. The van der Waals surface area contributed by atoms with Crippen molar-refractivity contribution < 1.29 is 5.11 Å². The summed E-state index contributed by atoms with van der Waals surface area (Å²) < 4.78 is 0. The fourth-order valence-corrected chi connectivity index (χ4v) is 2.62. The summed E-state index contributed by atoms with van der Waals surface area (Å²) in [6, 6.07) is 2.53. The Morgan fingerprint density at radius 2 is 2.07 bits per heavy atom. The average Bonchev–Trinajstić information content (AvgIpc) is 2.40. The molecule has 0 aromatic carbocycles. The van der Waals surface area contributed by atoms with Crippen LogP contribution in [0.25, 0.3) is 0 Å². The lowest BCUT2D eigenvalue weighted by Gasteiger charge is -2.21. The standard InChI is InChI=1S/C12H21NOS/c1-8-6-11(10(3)15-8)9(2)13-7-12(4,5)14/h6,9,13-14H,7H2,1-5H3. The fraction of sp³-hybridized carbons (Fsp3) is 0.667. The Morgan fingerprint density at radius 3 is 2.47 bits per heavy atom. The van der Waals surface area contributed by atoms with Crippen LogP contribution in [0.4, 0.5) is 0 Å². The predicted molar refractivity (Wildman–Crippen MR) is 66.5 cm³/mol. The van der Waals surface area contributed by atoms with E-state index < -0.39 is 5.60 Å². The van der Waals surface area contributed by atoms with Crippen LogP contribution in [0, 0.1) is 13.8 Å². The minimum absolute atomic E-state index is 0.307. The lowest BCUT2D eigenvalue weighted by molar-refractivity contribution is 0.0770. The molecule has 1 rings (SSSR count). The predicted octanol–water partition coefficient (Wildman–Crippen LogP) is 2.79. The quantitative estimate of drug-likeness (QED) is 0.829. The van der Waals surface area contributed by atoms with Crippen LogP contribution < -0.4 is 5.32 Å². The van der Waals surface area contributed by atoms with Gasteiger partial charge in [0, 0.05) is 22.3 Å². The van der Waals surface area contributed by atoms with Crippen molar-refractivity contribution in [2.24, 2.45) is 0 Å². The van der Waals surface area contributed by atoms with E-state index in [4.69, 9.17) is 0 Å². The van der Waals surface area contributed by atoms with Crippen LogP contribution in [-0.4, -0.2) is 17.3 Å². The van der Waals surface area contributed by atoms with Crippen LogP contribution in [0.5, 0.6) is 0 Å². The van der Waals surface area contributed by atoms with Gasteiger partial charge in [-0.2, -0.15) is 0 Å². The van der Waals surface area contributed by atoms with Crippen molar-refractivity contribution in [2.45, 2.75) is 46.3 Å². The van der Waals surface area contributed by atoms with Gasteiger partial charge in [-0.15, -0.1) is 11.3 Å². The van der Waals surface area contributed by atoms with Gasteiger partial charge in [0.2, 0.25) is 0 Å². The fourth-order valence-electron chi connectivity index (χ4n) is 1.59. The lowest BCUT2D eigenvalue weighted by Crippen LogP contribution is -2.36. The van der Waals surface area contributed by atoms with Crippen LogP contribution in [-0.2, 0) is 0 Å². The van der Waals surface area contributed by atoms with E-state index in [2.05, 4.69) is 32.2 Å². The van der Waals surface area contributed by atoms with Crippen LogP contribution in [0.3, 0.4) is 0 Å². The van der Waals surface area contributed by atoms with Crippen molar-refractivity contribution in [3.63, 3.8) is 0 Å². The second kappa shape index (κ2) is 4.64. The molecule has 15 heavy (non-hydrogen) atoms. The van der Waals surface area contributed by atoms with Crippen molar-refractivity contribution in [1.82, 2.24) is 5.32 Å². The minimum atomic E-state index is -0.646. The second-order valence-electron chi connectivity index (χ2n) is 4.78. The maximum Gasteiger partial charge on any atom is 0.0715 e. The van der Waals surface area contributed by atoms with Crippen molar-refractivity contribution in [2.75, 3.05) is 6.54 Å². The van der Waals surface area contributed by atoms with E-state index in [1.165, 1.54) is 15.3 Å². The highest BCUT2D eigenvalue weighted by Gasteiger charge is 2.16. The zero-order chi connectivity index (χ0) is 11.6. The van der Waals surface area contributed by atoms with Crippen molar-refractivity contribution >= 4 is 11.3 Å². The summed E-state index contributed by atoms with van der Waals surface area (Å²) in [4.78, 5) is 2.71.